The molecule has 1 amide bonds. The predicted octanol–water partition coefficient (Wildman–Crippen LogP) is 3.14. The van der Waals surface area contributed by atoms with Crippen LogP contribution in [-0.4, -0.2) is 39.2 Å². The number of aliphatic carboxylic acids is 1. The van der Waals surface area contributed by atoms with Crippen LogP contribution >= 0.6 is 0 Å². The minimum absolute atomic E-state index is 0.0991. The second-order valence-electron chi connectivity index (χ2n) is 6.34. The number of carbonyl (C=O) groups is 2. The molecule has 1 unspecified atom stereocenters. The number of nitrogens with zero attached hydrogens (tertiary/aromatic N) is 2. The number of aryl methyl sites for hydroxylation is 1. The maximum Gasteiger partial charge on any atom is 0.326 e. The van der Waals surface area contributed by atoms with Gasteiger partial charge in [0.15, 0.2) is 0 Å². The van der Waals surface area contributed by atoms with Crippen molar-refractivity contribution in [3.05, 3.63) is 47.3 Å². The van der Waals surface area contributed by atoms with Gasteiger partial charge in [-0.15, -0.1) is 0 Å². The largest absolute Gasteiger partial charge is 0.480 e. The van der Waals surface area contributed by atoms with E-state index in [4.69, 9.17) is 5.11 Å². The maximum absolute atomic E-state index is 12.5. The van der Waals surface area contributed by atoms with Crippen LogP contribution in [0, 0.1) is 6.92 Å². The van der Waals surface area contributed by atoms with E-state index in [1.807, 2.05) is 45.0 Å². The zero-order chi connectivity index (χ0) is 19.4. The van der Waals surface area contributed by atoms with E-state index in [0.29, 0.717) is 5.69 Å². The van der Waals surface area contributed by atoms with Crippen LogP contribution in [0.4, 0.5) is 8.78 Å². The van der Waals surface area contributed by atoms with E-state index in [1.165, 1.54) is 6.20 Å². The van der Waals surface area contributed by atoms with Gasteiger partial charge in [-0.3, -0.25) is 4.79 Å². The highest BCUT2D eigenvalue weighted by Crippen LogP contribution is 2.23. The number of carboxylic acid groups (broad SMARTS) is 1. The molecule has 26 heavy (non-hydrogen) atoms. The summed E-state index contributed by atoms with van der Waals surface area (Å²) >= 11 is 0. The summed E-state index contributed by atoms with van der Waals surface area (Å²) in [5.74, 6) is -2.34. The average molecular weight is 365 g/mol. The zero-order valence-corrected chi connectivity index (χ0v) is 14.7. The lowest BCUT2D eigenvalue weighted by molar-refractivity contribution is -0.140. The monoisotopic (exact) mass is 365 g/mol. The number of hydrogen-bond acceptors (Lipinski definition) is 3. The van der Waals surface area contributed by atoms with Crippen LogP contribution in [0.25, 0.3) is 5.69 Å². The summed E-state index contributed by atoms with van der Waals surface area (Å²) in [4.78, 5) is 23.6. The average Bonchev–Trinajstić information content (AvgIpc) is 2.99. The molecule has 140 valence electrons. The summed E-state index contributed by atoms with van der Waals surface area (Å²) in [5, 5.41) is 15.4. The molecule has 1 heterocycles. The van der Waals surface area contributed by atoms with Crippen LogP contribution in [0.1, 0.15) is 47.8 Å². The van der Waals surface area contributed by atoms with Crippen LogP contribution in [0.15, 0.2) is 30.5 Å². The fourth-order valence-corrected chi connectivity index (χ4v) is 2.62. The van der Waals surface area contributed by atoms with Gasteiger partial charge in [0.25, 0.3) is 5.91 Å². The highest BCUT2D eigenvalue weighted by Gasteiger charge is 2.27. The lowest BCUT2D eigenvalue weighted by atomic mass is 10.0. The Morgan fingerprint density at radius 3 is 2.35 bits per heavy atom. The molecule has 0 radical (unpaired) electrons. The molecule has 0 saturated carbocycles. The molecule has 1 atom stereocenters. The van der Waals surface area contributed by atoms with Crippen molar-refractivity contribution in [2.75, 3.05) is 0 Å². The van der Waals surface area contributed by atoms with Gasteiger partial charge in [-0.2, -0.15) is 5.10 Å². The molecule has 0 fully saturated rings. The first-order valence-electron chi connectivity index (χ1n) is 8.17. The summed E-state index contributed by atoms with van der Waals surface area (Å²) in [6, 6.07) is 5.86. The highest BCUT2D eigenvalue weighted by molar-refractivity contribution is 5.97. The number of hydrogen-bond donors (Lipinski definition) is 2. The fraction of sp³-hybridized carbons (Fsp3) is 0.389. The van der Waals surface area contributed by atoms with Crippen molar-refractivity contribution >= 4 is 11.9 Å². The van der Waals surface area contributed by atoms with Crippen molar-refractivity contribution < 1.29 is 23.5 Å². The van der Waals surface area contributed by atoms with Gasteiger partial charge in [0.2, 0.25) is 6.43 Å². The van der Waals surface area contributed by atoms with Gasteiger partial charge >= 0.3 is 5.97 Å². The maximum atomic E-state index is 12.5. The number of carbonyl (C=O) groups excluding carboxylic acids is 1. The smallest absolute Gasteiger partial charge is 0.326 e. The molecule has 1 aromatic heterocycles. The third-order valence-electron chi connectivity index (χ3n) is 3.89. The van der Waals surface area contributed by atoms with E-state index >= 15 is 0 Å². The summed E-state index contributed by atoms with van der Waals surface area (Å²) in [6.07, 6.45) is -2.47. The number of rotatable bonds is 7. The first-order valence-corrected chi connectivity index (χ1v) is 8.17. The van der Waals surface area contributed by atoms with E-state index < -0.39 is 30.8 Å². The Labute approximate surface area is 149 Å². The predicted molar refractivity (Wildman–Crippen MR) is 91.9 cm³/mol. The Bertz CT molecular complexity index is 785. The number of halogens is 2. The minimum Gasteiger partial charge on any atom is -0.480 e. The van der Waals surface area contributed by atoms with Gasteiger partial charge in [0.05, 0.1) is 23.1 Å². The minimum atomic E-state index is -2.84. The molecule has 2 N–H and O–H groups in total. The van der Waals surface area contributed by atoms with Gasteiger partial charge in [-0.25, -0.2) is 18.3 Å². The highest BCUT2D eigenvalue weighted by atomic mass is 19.3. The number of amides is 1. The van der Waals surface area contributed by atoms with Gasteiger partial charge in [0.1, 0.15) is 6.04 Å². The Hall–Kier alpha value is -2.77. The lowest BCUT2D eigenvalue weighted by Crippen LogP contribution is -2.42. The molecular formula is C18H21F2N3O3. The summed E-state index contributed by atoms with van der Waals surface area (Å²) < 4.78 is 26.7. The molecule has 0 aliphatic rings. The third-order valence-corrected chi connectivity index (χ3v) is 3.89. The van der Waals surface area contributed by atoms with Crippen LogP contribution in [-0.2, 0) is 4.79 Å². The first kappa shape index (κ1) is 19.6. The third kappa shape index (κ3) is 4.44. The van der Waals surface area contributed by atoms with E-state index in [2.05, 4.69) is 10.4 Å². The Morgan fingerprint density at radius 2 is 1.85 bits per heavy atom. The second-order valence-corrected chi connectivity index (χ2v) is 6.34. The quantitative estimate of drug-likeness (QED) is 0.789. The number of nitrogens with one attached hydrogen (secondary N) is 1. The van der Waals surface area contributed by atoms with E-state index in [9.17, 15) is 18.4 Å². The summed E-state index contributed by atoms with van der Waals surface area (Å²) in [5.41, 5.74) is 2.57. The van der Waals surface area contributed by atoms with Crippen molar-refractivity contribution in [2.24, 2.45) is 0 Å². The van der Waals surface area contributed by atoms with Crippen molar-refractivity contribution in [1.82, 2.24) is 15.1 Å². The molecule has 8 heteroatoms. The summed E-state index contributed by atoms with van der Waals surface area (Å²) in [7, 11) is 0. The number of alkyl halides is 2. The van der Waals surface area contributed by atoms with Crippen LogP contribution in [0.2, 0.25) is 0 Å². The second kappa shape index (κ2) is 8.07. The van der Waals surface area contributed by atoms with Crippen molar-refractivity contribution in [3.63, 3.8) is 0 Å². The number of aromatic nitrogens is 2. The molecular weight excluding hydrogens is 344 g/mol. The molecule has 2 aromatic rings. The number of benzene rings is 1. The van der Waals surface area contributed by atoms with Crippen molar-refractivity contribution in [2.45, 2.75) is 45.6 Å². The van der Waals surface area contributed by atoms with Gasteiger partial charge < -0.3 is 10.4 Å². The molecule has 0 aliphatic carbocycles. The molecule has 6 nitrogen and oxygen atoms in total. The Kier molecular flexibility index (Phi) is 6.07. The van der Waals surface area contributed by atoms with Crippen LogP contribution < -0.4 is 5.32 Å². The molecule has 0 saturated heterocycles. The van der Waals surface area contributed by atoms with Gasteiger partial charge in [0, 0.05) is 6.42 Å². The standard InChI is InChI=1S/C18H21F2N3O3/c1-10(2)16-13(17(24)22-14(18(25)26)8-15(19)20)9-21-23(16)12-6-4-11(3)5-7-12/h4-7,9-10,14-15H,8H2,1-3H3,(H,22,24)(H,25,26). The van der Waals surface area contributed by atoms with E-state index in [0.717, 1.165) is 11.3 Å². The SMILES string of the molecule is Cc1ccc(-n2ncc(C(=O)NC(CC(F)F)C(=O)O)c2C(C)C)cc1. The number of carboxylic acids is 1. The topological polar surface area (TPSA) is 84.2 Å². The molecule has 0 aliphatic heterocycles. The zero-order valence-electron chi connectivity index (χ0n) is 14.7. The molecule has 0 bridgehead atoms. The van der Waals surface area contributed by atoms with Gasteiger partial charge in [-0.05, 0) is 25.0 Å². The Balaban J connectivity index is 2.35. The van der Waals surface area contributed by atoms with Crippen molar-refractivity contribution in [1.29, 1.82) is 0 Å². The van der Waals surface area contributed by atoms with Crippen LogP contribution in [0.5, 0.6) is 0 Å². The van der Waals surface area contributed by atoms with Gasteiger partial charge in [-0.1, -0.05) is 31.5 Å². The Morgan fingerprint density at radius 1 is 1.23 bits per heavy atom. The molecule has 0 spiro atoms. The molecule has 2 rings (SSSR count). The molecule has 1 aromatic carbocycles. The fourth-order valence-electron chi connectivity index (χ4n) is 2.62. The van der Waals surface area contributed by atoms with Crippen molar-refractivity contribution in [3.8, 4) is 5.69 Å². The summed E-state index contributed by atoms with van der Waals surface area (Å²) in [6.45, 7) is 5.68. The normalized spacial score (nSPS) is 12.4. The lowest BCUT2D eigenvalue weighted by Gasteiger charge is -2.16. The first-order chi connectivity index (χ1) is 12.2. The van der Waals surface area contributed by atoms with E-state index in [-0.39, 0.29) is 11.5 Å². The van der Waals surface area contributed by atoms with Crippen LogP contribution in [0.3, 0.4) is 0 Å². The van der Waals surface area contributed by atoms with E-state index in [1.54, 1.807) is 4.68 Å².